The Morgan fingerprint density at radius 3 is 2.22 bits per heavy atom. The first-order valence-electron chi connectivity index (χ1n) is 9.49. The monoisotopic (exact) mass is 493 g/mol. The van der Waals surface area contributed by atoms with E-state index in [1.54, 1.807) is 14.2 Å². The molecule has 0 fully saturated rings. The number of guanidine groups is 1. The van der Waals surface area contributed by atoms with Crippen molar-refractivity contribution in [1.82, 2.24) is 10.6 Å². The molecule has 27 heavy (non-hydrogen) atoms. The largest absolute Gasteiger partial charge is 0.382 e. The molecule has 0 amide bonds. The smallest absolute Gasteiger partial charge is 0.190 e. The van der Waals surface area contributed by atoms with Gasteiger partial charge in [0.2, 0.25) is 0 Å². The average Bonchev–Trinajstić information content (AvgIpc) is 2.68. The van der Waals surface area contributed by atoms with Crippen molar-refractivity contribution in [2.24, 2.45) is 4.99 Å². The summed E-state index contributed by atoms with van der Waals surface area (Å²) in [5, 5.41) is 6.61. The number of halogens is 1. The summed E-state index contributed by atoms with van der Waals surface area (Å²) in [5.41, 5.74) is 1.33. The minimum atomic E-state index is 0. The van der Waals surface area contributed by atoms with Crippen molar-refractivity contribution in [1.29, 1.82) is 0 Å². The molecule has 0 bridgehead atoms. The molecule has 0 aromatic heterocycles. The number of nitrogens with one attached hydrogen (secondary N) is 2. The van der Waals surface area contributed by atoms with Crippen LogP contribution in [0.25, 0.3) is 0 Å². The van der Waals surface area contributed by atoms with Crippen molar-refractivity contribution in [3.63, 3.8) is 0 Å². The maximum absolute atomic E-state index is 5.69. The van der Waals surface area contributed by atoms with Crippen LogP contribution in [0.3, 0.4) is 0 Å². The fraction of sp³-hybridized carbons (Fsp3) is 0.650. The minimum Gasteiger partial charge on any atom is -0.382 e. The third kappa shape index (κ3) is 15.8. The molecule has 1 rings (SSSR count). The van der Waals surface area contributed by atoms with Gasteiger partial charge in [0, 0.05) is 40.5 Å². The highest BCUT2D eigenvalue weighted by Gasteiger charge is 1.97. The van der Waals surface area contributed by atoms with Gasteiger partial charge in [-0.3, -0.25) is 4.99 Å². The summed E-state index contributed by atoms with van der Waals surface area (Å²) in [6.45, 7) is 5.35. The first kappa shape index (κ1) is 26.1. The lowest BCUT2D eigenvalue weighted by molar-refractivity contribution is 0.0698. The van der Waals surface area contributed by atoms with Crippen LogP contribution in [0, 0.1) is 0 Å². The molecule has 0 aliphatic heterocycles. The van der Waals surface area contributed by atoms with Crippen LogP contribution in [0.4, 0.5) is 0 Å². The summed E-state index contributed by atoms with van der Waals surface area (Å²) in [6, 6.07) is 10.4. The van der Waals surface area contributed by atoms with Gasteiger partial charge in [-0.2, -0.15) is 0 Å². The highest BCUT2D eigenvalue weighted by atomic mass is 127. The molecule has 0 heterocycles. The van der Waals surface area contributed by atoms with Crippen LogP contribution in [0.2, 0.25) is 0 Å². The second-order valence-electron chi connectivity index (χ2n) is 5.94. The summed E-state index contributed by atoms with van der Waals surface area (Å²) >= 11 is 0. The number of methoxy groups -OCH3 is 1. The zero-order valence-electron chi connectivity index (χ0n) is 16.7. The lowest BCUT2D eigenvalue weighted by Gasteiger charge is -2.12. The Kier molecular flexibility index (Phi) is 19.2. The van der Waals surface area contributed by atoms with Crippen LogP contribution in [0.5, 0.6) is 0 Å². The molecule has 0 radical (unpaired) electrons. The van der Waals surface area contributed by atoms with Crippen LogP contribution in [-0.2, 0) is 20.6 Å². The van der Waals surface area contributed by atoms with E-state index in [4.69, 9.17) is 14.2 Å². The third-order valence-electron chi connectivity index (χ3n) is 3.80. The highest BCUT2D eigenvalue weighted by Crippen LogP contribution is 2.00. The van der Waals surface area contributed by atoms with E-state index >= 15 is 0 Å². The maximum Gasteiger partial charge on any atom is 0.190 e. The third-order valence-corrected chi connectivity index (χ3v) is 3.80. The van der Waals surface area contributed by atoms with Crippen LogP contribution < -0.4 is 10.6 Å². The number of rotatable bonds is 15. The summed E-state index contributed by atoms with van der Waals surface area (Å²) in [4.78, 5) is 4.22. The SMILES string of the molecule is CN=C(NCCCCOCCc1ccccc1)NCCCOCCOC.I. The Morgan fingerprint density at radius 1 is 0.852 bits per heavy atom. The van der Waals surface area contributed by atoms with Crippen LogP contribution in [-0.4, -0.2) is 66.2 Å². The summed E-state index contributed by atoms with van der Waals surface area (Å²) in [5.74, 6) is 0.840. The van der Waals surface area contributed by atoms with E-state index in [1.807, 2.05) is 6.07 Å². The average molecular weight is 493 g/mol. The first-order valence-corrected chi connectivity index (χ1v) is 9.49. The summed E-state index contributed by atoms with van der Waals surface area (Å²) in [7, 11) is 3.47. The quantitative estimate of drug-likeness (QED) is 0.170. The summed E-state index contributed by atoms with van der Waals surface area (Å²) < 4.78 is 16.0. The number of aliphatic imine (C=N–C) groups is 1. The van der Waals surface area contributed by atoms with Crippen LogP contribution in [0.15, 0.2) is 35.3 Å². The lowest BCUT2D eigenvalue weighted by Crippen LogP contribution is -2.38. The minimum absolute atomic E-state index is 0. The topological polar surface area (TPSA) is 64.1 Å². The molecule has 1 aromatic carbocycles. The molecule has 0 spiro atoms. The predicted molar refractivity (Wildman–Crippen MR) is 122 cm³/mol. The van der Waals surface area contributed by atoms with Gasteiger partial charge in [0.1, 0.15) is 0 Å². The molecule has 0 saturated heterocycles. The van der Waals surface area contributed by atoms with Gasteiger partial charge in [-0.1, -0.05) is 30.3 Å². The van der Waals surface area contributed by atoms with E-state index in [2.05, 4.69) is 39.9 Å². The number of hydrogen-bond donors (Lipinski definition) is 2. The van der Waals surface area contributed by atoms with Gasteiger partial charge in [0.05, 0.1) is 19.8 Å². The molecule has 0 aliphatic carbocycles. The molecule has 0 saturated carbocycles. The number of ether oxygens (including phenoxy) is 3. The Bertz CT molecular complexity index is 461. The number of benzene rings is 1. The molecule has 1 aromatic rings. The molecule has 0 aliphatic rings. The van der Waals surface area contributed by atoms with E-state index in [1.165, 1.54) is 5.56 Å². The fourth-order valence-corrected chi connectivity index (χ4v) is 2.32. The Balaban J connectivity index is 0.00000676. The normalized spacial score (nSPS) is 11.1. The van der Waals surface area contributed by atoms with E-state index in [9.17, 15) is 0 Å². The zero-order valence-corrected chi connectivity index (χ0v) is 19.1. The van der Waals surface area contributed by atoms with Gasteiger partial charge in [0.15, 0.2) is 5.96 Å². The van der Waals surface area contributed by atoms with E-state index in [-0.39, 0.29) is 24.0 Å². The molecular formula is C20H36IN3O3. The number of unbranched alkanes of at least 4 members (excludes halogenated alkanes) is 1. The van der Waals surface area contributed by atoms with Crippen molar-refractivity contribution < 1.29 is 14.2 Å². The van der Waals surface area contributed by atoms with E-state index in [0.717, 1.165) is 64.6 Å². The van der Waals surface area contributed by atoms with Crippen molar-refractivity contribution in [2.45, 2.75) is 25.7 Å². The standard InChI is InChI=1S/C20H35N3O3.HI/c1-21-20(23-13-8-15-26-18-17-24-2)22-12-6-7-14-25-16-11-19-9-4-3-5-10-19;/h3-5,9-10H,6-8,11-18H2,1-2H3,(H2,21,22,23);1H. The lowest BCUT2D eigenvalue weighted by atomic mass is 10.2. The molecule has 0 atom stereocenters. The van der Waals surface area contributed by atoms with Gasteiger partial charge < -0.3 is 24.8 Å². The Hall–Kier alpha value is -0.900. The zero-order chi connectivity index (χ0) is 18.7. The molecule has 156 valence electrons. The van der Waals surface area contributed by atoms with E-state index in [0.29, 0.717) is 13.2 Å². The van der Waals surface area contributed by atoms with Crippen molar-refractivity contribution in [2.75, 3.05) is 60.3 Å². The van der Waals surface area contributed by atoms with E-state index < -0.39 is 0 Å². The van der Waals surface area contributed by atoms with Crippen molar-refractivity contribution in [3.05, 3.63) is 35.9 Å². The van der Waals surface area contributed by atoms with Gasteiger partial charge >= 0.3 is 0 Å². The Labute approximate surface area is 181 Å². The Morgan fingerprint density at radius 2 is 1.52 bits per heavy atom. The second kappa shape index (κ2) is 19.9. The number of nitrogens with zero attached hydrogens (tertiary/aromatic N) is 1. The van der Waals surface area contributed by atoms with Crippen molar-refractivity contribution >= 4 is 29.9 Å². The molecule has 7 heteroatoms. The maximum atomic E-state index is 5.69. The second-order valence-corrected chi connectivity index (χ2v) is 5.94. The van der Waals surface area contributed by atoms with Gasteiger partial charge in [-0.15, -0.1) is 24.0 Å². The highest BCUT2D eigenvalue weighted by molar-refractivity contribution is 14.0. The van der Waals surface area contributed by atoms with Crippen LogP contribution in [0.1, 0.15) is 24.8 Å². The predicted octanol–water partition coefficient (Wildman–Crippen LogP) is 2.86. The first-order chi connectivity index (χ1) is 12.9. The molecular weight excluding hydrogens is 457 g/mol. The van der Waals surface area contributed by atoms with Gasteiger partial charge in [0.25, 0.3) is 0 Å². The molecule has 2 N–H and O–H groups in total. The van der Waals surface area contributed by atoms with Crippen LogP contribution >= 0.6 is 24.0 Å². The summed E-state index contributed by atoms with van der Waals surface area (Å²) in [6.07, 6.45) is 4.03. The van der Waals surface area contributed by atoms with Gasteiger partial charge in [-0.25, -0.2) is 0 Å². The van der Waals surface area contributed by atoms with Crippen molar-refractivity contribution in [3.8, 4) is 0 Å². The fourth-order valence-electron chi connectivity index (χ4n) is 2.32. The molecule has 6 nitrogen and oxygen atoms in total. The molecule has 0 unspecified atom stereocenters. The van der Waals surface area contributed by atoms with Gasteiger partial charge in [-0.05, 0) is 31.2 Å². The number of hydrogen-bond acceptors (Lipinski definition) is 4.